The highest BCUT2D eigenvalue weighted by molar-refractivity contribution is 7.89. The van der Waals surface area contributed by atoms with Crippen LogP contribution in [0.25, 0.3) is 0 Å². The lowest BCUT2D eigenvalue weighted by Crippen LogP contribution is -2.30. The number of hydrogen-bond donors (Lipinski definition) is 1. The summed E-state index contributed by atoms with van der Waals surface area (Å²) in [6, 6.07) is 14.0. The van der Waals surface area contributed by atoms with Crippen LogP contribution < -0.4 is 5.32 Å². The Kier molecular flexibility index (Phi) is 7.61. The molecule has 0 bridgehead atoms. The highest BCUT2D eigenvalue weighted by Crippen LogP contribution is 2.29. The van der Waals surface area contributed by atoms with Gasteiger partial charge in [0.05, 0.1) is 22.8 Å². The van der Waals surface area contributed by atoms with Crippen molar-refractivity contribution in [3.63, 3.8) is 0 Å². The Morgan fingerprint density at radius 2 is 1.75 bits per heavy atom. The van der Waals surface area contributed by atoms with Gasteiger partial charge >= 0.3 is 0 Å². The van der Waals surface area contributed by atoms with Crippen LogP contribution in [0.2, 0.25) is 10.2 Å². The summed E-state index contributed by atoms with van der Waals surface area (Å²) in [7, 11) is -3.79. The maximum absolute atomic E-state index is 13.0. The van der Waals surface area contributed by atoms with E-state index in [0.29, 0.717) is 25.3 Å². The molecule has 1 aromatic heterocycles. The molecule has 0 spiro atoms. The average molecular weight is 495 g/mol. The van der Waals surface area contributed by atoms with Crippen molar-refractivity contribution in [2.24, 2.45) is 0 Å². The summed E-state index contributed by atoms with van der Waals surface area (Å²) in [6.45, 7) is 6.22. The highest BCUT2D eigenvalue weighted by atomic mass is 35.5. The van der Waals surface area contributed by atoms with Crippen LogP contribution in [-0.4, -0.2) is 41.5 Å². The minimum absolute atomic E-state index is 0.0664. The number of nitrogens with zero attached hydrogens (tertiary/aromatic N) is 3. The normalized spacial score (nSPS) is 11.7. The fraction of sp³-hybridized carbons (Fsp3) is 0.273. The van der Waals surface area contributed by atoms with E-state index in [1.165, 1.54) is 16.4 Å². The topological polar surface area (TPSA) is 84.3 Å². The molecule has 0 radical (unpaired) electrons. The average Bonchev–Trinajstić information content (AvgIpc) is 3.03. The highest BCUT2D eigenvalue weighted by Gasteiger charge is 2.26. The van der Waals surface area contributed by atoms with Gasteiger partial charge in [0.15, 0.2) is 0 Å². The zero-order chi connectivity index (χ0) is 23.5. The molecule has 0 aliphatic carbocycles. The summed E-state index contributed by atoms with van der Waals surface area (Å²) < 4.78 is 28.7. The van der Waals surface area contributed by atoms with Crippen LogP contribution >= 0.6 is 23.2 Å². The third-order valence-electron chi connectivity index (χ3n) is 4.98. The maximum atomic E-state index is 13.0. The van der Waals surface area contributed by atoms with Crippen LogP contribution in [0.5, 0.6) is 0 Å². The molecule has 32 heavy (non-hydrogen) atoms. The molecule has 0 aliphatic heterocycles. The molecule has 0 saturated carbocycles. The number of halogens is 2. The summed E-state index contributed by atoms with van der Waals surface area (Å²) >= 11 is 12.6. The molecule has 170 valence electrons. The van der Waals surface area contributed by atoms with E-state index in [9.17, 15) is 13.2 Å². The first kappa shape index (κ1) is 24.3. The Morgan fingerprint density at radius 1 is 1.09 bits per heavy atom. The van der Waals surface area contributed by atoms with E-state index in [2.05, 4.69) is 10.4 Å². The van der Waals surface area contributed by atoms with E-state index >= 15 is 0 Å². The molecule has 0 aliphatic rings. The number of carbonyl (C=O) groups is 1. The second kappa shape index (κ2) is 10.0. The van der Waals surface area contributed by atoms with E-state index < -0.39 is 15.9 Å². The number of aryl methyl sites for hydroxylation is 1. The fourth-order valence-corrected chi connectivity index (χ4v) is 5.63. The van der Waals surface area contributed by atoms with Gasteiger partial charge in [0.2, 0.25) is 10.0 Å². The molecule has 10 heteroatoms. The number of carbonyl (C=O) groups excluding carboxylic acids is 1. The molecule has 0 atom stereocenters. The van der Waals surface area contributed by atoms with Gasteiger partial charge in [-0.05, 0) is 30.7 Å². The van der Waals surface area contributed by atoms with Gasteiger partial charge in [0.1, 0.15) is 10.0 Å². The number of aromatic nitrogens is 2. The van der Waals surface area contributed by atoms with Gasteiger partial charge in [0, 0.05) is 18.8 Å². The monoisotopic (exact) mass is 494 g/mol. The zero-order valence-electron chi connectivity index (χ0n) is 18.0. The summed E-state index contributed by atoms with van der Waals surface area (Å²) in [5, 5.41) is 7.38. The first-order valence-corrected chi connectivity index (χ1v) is 12.3. The molecular formula is C22H24Cl2N4O3S. The van der Waals surface area contributed by atoms with Gasteiger partial charge in [0.25, 0.3) is 5.91 Å². The van der Waals surface area contributed by atoms with Gasteiger partial charge in [-0.1, -0.05) is 67.4 Å². The van der Waals surface area contributed by atoms with Crippen molar-refractivity contribution in [3.05, 3.63) is 75.5 Å². The van der Waals surface area contributed by atoms with E-state index in [1.54, 1.807) is 31.5 Å². The minimum Gasteiger partial charge on any atom is -0.322 e. The van der Waals surface area contributed by atoms with Crippen molar-refractivity contribution in [3.8, 4) is 0 Å². The fourth-order valence-electron chi connectivity index (χ4n) is 3.35. The second-order valence-electron chi connectivity index (χ2n) is 7.08. The maximum Gasteiger partial charge on any atom is 0.260 e. The Bertz CT molecular complexity index is 1220. The summed E-state index contributed by atoms with van der Waals surface area (Å²) in [5.74, 6) is -0.486. The lowest BCUT2D eigenvalue weighted by Gasteiger charge is -2.19. The van der Waals surface area contributed by atoms with Gasteiger partial charge in [-0.2, -0.15) is 9.40 Å². The predicted octanol–water partition coefficient (Wildman–Crippen LogP) is 4.83. The van der Waals surface area contributed by atoms with Crippen LogP contribution in [0.1, 0.15) is 35.5 Å². The quantitative estimate of drug-likeness (QED) is 0.485. The van der Waals surface area contributed by atoms with Crippen LogP contribution in [-0.2, 0) is 16.6 Å². The van der Waals surface area contributed by atoms with Crippen molar-refractivity contribution in [1.29, 1.82) is 0 Å². The van der Waals surface area contributed by atoms with E-state index in [0.717, 1.165) is 5.56 Å². The second-order valence-corrected chi connectivity index (χ2v) is 9.75. The third-order valence-corrected chi connectivity index (χ3v) is 7.90. The van der Waals surface area contributed by atoms with E-state index in [-0.39, 0.29) is 26.3 Å². The Labute approximate surface area is 198 Å². The van der Waals surface area contributed by atoms with Crippen molar-refractivity contribution in [1.82, 2.24) is 14.1 Å². The molecule has 3 aromatic rings. The molecule has 3 rings (SSSR count). The van der Waals surface area contributed by atoms with Crippen LogP contribution in [0.15, 0.2) is 53.4 Å². The Morgan fingerprint density at radius 3 is 2.38 bits per heavy atom. The summed E-state index contributed by atoms with van der Waals surface area (Å²) in [4.78, 5) is 12.9. The molecule has 2 aromatic carbocycles. The number of nitrogens with one attached hydrogen (secondary N) is 1. The zero-order valence-corrected chi connectivity index (χ0v) is 20.3. The van der Waals surface area contributed by atoms with Gasteiger partial charge in [-0.25, -0.2) is 13.1 Å². The van der Waals surface area contributed by atoms with Gasteiger partial charge in [-0.3, -0.25) is 4.79 Å². The molecule has 0 unspecified atom stereocenters. The lowest BCUT2D eigenvalue weighted by molar-refractivity contribution is 0.102. The Balaban J connectivity index is 1.88. The van der Waals surface area contributed by atoms with E-state index in [4.69, 9.17) is 23.2 Å². The third kappa shape index (κ3) is 4.99. The SMILES string of the molecule is CCN(CC)S(=O)(=O)c1cc(NC(=O)c2c(C)nn(Cc3ccccc3)c2Cl)ccc1Cl. The van der Waals surface area contributed by atoms with Crippen LogP contribution in [0.3, 0.4) is 0 Å². The van der Waals surface area contributed by atoms with Gasteiger partial charge in [-0.15, -0.1) is 0 Å². The summed E-state index contributed by atoms with van der Waals surface area (Å²) in [6.07, 6.45) is 0. The molecule has 0 fully saturated rings. The van der Waals surface area contributed by atoms with E-state index in [1.807, 2.05) is 30.3 Å². The van der Waals surface area contributed by atoms with Crippen molar-refractivity contribution in [2.45, 2.75) is 32.2 Å². The smallest absolute Gasteiger partial charge is 0.260 e. The standard InChI is InChI=1S/C22H24Cl2N4O3S/c1-4-27(5-2)32(30,31)19-13-17(11-12-18(19)23)25-22(29)20-15(3)26-28(21(20)24)14-16-9-7-6-8-10-16/h6-13H,4-5,14H2,1-3H3,(H,25,29). The first-order chi connectivity index (χ1) is 15.2. The number of hydrogen-bond acceptors (Lipinski definition) is 4. The number of anilines is 1. The molecule has 1 amide bonds. The van der Waals surface area contributed by atoms with Crippen molar-refractivity contribution in [2.75, 3.05) is 18.4 Å². The predicted molar refractivity (Wildman–Crippen MR) is 127 cm³/mol. The largest absolute Gasteiger partial charge is 0.322 e. The Hall–Kier alpha value is -2.39. The molecule has 1 N–H and O–H groups in total. The minimum atomic E-state index is -3.79. The molecular weight excluding hydrogens is 471 g/mol. The number of sulfonamides is 1. The summed E-state index contributed by atoms with van der Waals surface area (Å²) in [5.41, 5.74) is 1.98. The van der Waals surface area contributed by atoms with Crippen LogP contribution in [0, 0.1) is 6.92 Å². The first-order valence-electron chi connectivity index (χ1n) is 10.1. The lowest BCUT2D eigenvalue weighted by atomic mass is 10.2. The number of benzene rings is 2. The van der Waals surface area contributed by atoms with Crippen molar-refractivity contribution < 1.29 is 13.2 Å². The number of rotatable bonds is 8. The van der Waals surface area contributed by atoms with Crippen molar-refractivity contribution >= 4 is 44.8 Å². The number of amides is 1. The molecule has 1 heterocycles. The van der Waals surface area contributed by atoms with Gasteiger partial charge < -0.3 is 5.32 Å². The molecule has 0 saturated heterocycles. The van der Waals surface area contributed by atoms with Crippen LogP contribution in [0.4, 0.5) is 5.69 Å². The molecule has 7 nitrogen and oxygen atoms in total.